The maximum atomic E-state index is 11.5. The van der Waals surface area contributed by atoms with Gasteiger partial charge in [-0.2, -0.15) is 0 Å². The van der Waals surface area contributed by atoms with Crippen molar-refractivity contribution in [3.63, 3.8) is 0 Å². The first-order chi connectivity index (χ1) is 9.60. The Morgan fingerprint density at radius 1 is 1.50 bits per heavy atom. The van der Waals surface area contributed by atoms with Gasteiger partial charge in [-0.05, 0) is 51.4 Å². The third kappa shape index (κ3) is 3.81. The number of benzene rings is 1. The summed E-state index contributed by atoms with van der Waals surface area (Å²) in [6, 6.07) is 5.59. The molecule has 1 saturated heterocycles. The van der Waals surface area contributed by atoms with E-state index >= 15 is 0 Å². The molecule has 0 amide bonds. The normalized spacial score (nSPS) is 19.9. The predicted octanol–water partition coefficient (Wildman–Crippen LogP) is 2.24. The van der Waals surface area contributed by atoms with Crippen molar-refractivity contribution in [3.05, 3.63) is 29.3 Å². The Labute approximate surface area is 120 Å². The van der Waals surface area contributed by atoms with Crippen LogP contribution >= 0.6 is 0 Å². The number of ketones is 1. The molecule has 4 heteroatoms. The molecule has 1 aliphatic heterocycles. The third-order valence-electron chi connectivity index (χ3n) is 3.64. The molecule has 0 aromatic heterocycles. The number of nitrogens with zero attached hydrogens (tertiary/aromatic N) is 1. The van der Waals surface area contributed by atoms with E-state index in [9.17, 15) is 9.90 Å². The van der Waals surface area contributed by atoms with Gasteiger partial charge in [-0.15, -0.1) is 0 Å². The molecule has 1 N–H and O–H groups in total. The van der Waals surface area contributed by atoms with Gasteiger partial charge in [0.05, 0.1) is 12.7 Å². The first-order valence-corrected chi connectivity index (χ1v) is 7.27. The highest BCUT2D eigenvalue weighted by molar-refractivity contribution is 5.94. The summed E-state index contributed by atoms with van der Waals surface area (Å²) >= 11 is 0. The van der Waals surface area contributed by atoms with Crippen LogP contribution in [0.3, 0.4) is 0 Å². The van der Waals surface area contributed by atoms with E-state index in [1.165, 1.54) is 0 Å². The van der Waals surface area contributed by atoms with Crippen molar-refractivity contribution < 1.29 is 14.6 Å². The molecule has 0 spiro atoms. The number of rotatable bonds is 5. The van der Waals surface area contributed by atoms with Crippen LogP contribution in [0.2, 0.25) is 0 Å². The van der Waals surface area contributed by atoms with E-state index in [-0.39, 0.29) is 11.9 Å². The average Bonchev–Trinajstić information content (AvgIpc) is 2.41. The molecule has 20 heavy (non-hydrogen) atoms. The van der Waals surface area contributed by atoms with E-state index in [0.717, 1.165) is 30.7 Å². The van der Waals surface area contributed by atoms with E-state index in [1.54, 1.807) is 6.92 Å². The lowest BCUT2D eigenvalue weighted by atomic mass is 10.0. The Kier molecular flexibility index (Phi) is 5.15. The number of ether oxygens (including phenoxy) is 1. The van der Waals surface area contributed by atoms with Crippen molar-refractivity contribution in [2.24, 2.45) is 0 Å². The summed E-state index contributed by atoms with van der Waals surface area (Å²) < 4.78 is 5.64. The second-order valence-electron chi connectivity index (χ2n) is 5.34. The number of aliphatic hydroxyl groups is 1. The van der Waals surface area contributed by atoms with Crippen molar-refractivity contribution >= 4 is 5.78 Å². The van der Waals surface area contributed by atoms with Gasteiger partial charge in [0.15, 0.2) is 5.78 Å². The lowest BCUT2D eigenvalue weighted by molar-refractivity contribution is 0.0663. The van der Waals surface area contributed by atoms with Gasteiger partial charge < -0.3 is 9.84 Å². The molecule has 110 valence electrons. The van der Waals surface area contributed by atoms with Crippen LogP contribution in [-0.2, 0) is 6.54 Å². The maximum absolute atomic E-state index is 11.5. The molecule has 1 aromatic rings. The standard InChI is InChI=1S/C16H23NO3/c1-3-20-16-7-6-13(12(2)18)9-14(16)10-17-8-4-5-15(19)11-17/h6-7,9,15,19H,3-5,8,10-11H2,1-2H3/t15-/m0/s1. The molecule has 1 aromatic carbocycles. The zero-order valence-electron chi connectivity index (χ0n) is 12.3. The zero-order chi connectivity index (χ0) is 14.5. The molecule has 0 unspecified atom stereocenters. The summed E-state index contributed by atoms with van der Waals surface area (Å²) in [7, 11) is 0. The molecule has 0 bridgehead atoms. The summed E-state index contributed by atoms with van der Waals surface area (Å²) in [4.78, 5) is 13.7. The van der Waals surface area contributed by atoms with E-state index in [4.69, 9.17) is 4.74 Å². The third-order valence-corrected chi connectivity index (χ3v) is 3.64. The van der Waals surface area contributed by atoms with Gasteiger partial charge in [-0.25, -0.2) is 0 Å². The Hall–Kier alpha value is -1.39. The molecule has 0 saturated carbocycles. The lowest BCUT2D eigenvalue weighted by Gasteiger charge is -2.30. The maximum Gasteiger partial charge on any atom is 0.159 e. The smallest absolute Gasteiger partial charge is 0.159 e. The van der Waals surface area contributed by atoms with Crippen LogP contribution in [0.25, 0.3) is 0 Å². The summed E-state index contributed by atoms with van der Waals surface area (Å²) in [5.41, 5.74) is 1.73. The van der Waals surface area contributed by atoms with Crippen LogP contribution in [0.1, 0.15) is 42.6 Å². The SMILES string of the molecule is CCOc1ccc(C(C)=O)cc1CN1CCC[C@H](O)C1. The monoisotopic (exact) mass is 277 g/mol. The molecule has 2 rings (SSSR count). The molecule has 1 aliphatic rings. The summed E-state index contributed by atoms with van der Waals surface area (Å²) in [5.74, 6) is 0.894. The number of piperidine rings is 1. The van der Waals surface area contributed by atoms with Crippen molar-refractivity contribution in [1.29, 1.82) is 0 Å². The van der Waals surface area contributed by atoms with Gasteiger partial charge in [0.1, 0.15) is 5.75 Å². The number of Topliss-reactive ketones (excluding diaryl/α,β-unsaturated/α-hetero) is 1. The highest BCUT2D eigenvalue weighted by Gasteiger charge is 2.19. The van der Waals surface area contributed by atoms with Crippen molar-refractivity contribution in [1.82, 2.24) is 4.90 Å². The first-order valence-electron chi connectivity index (χ1n) is 7.27. The zero-order valence-corrected chi connectivity index (χ0v) is 12.3. The fourth-order valence-electron chi connectivity index (χ4n) is 2.63. The first kappa shape index (κ1) is 15.0. The fraction of sp³-hybridized carbons (Fsp3) is 0.562. The summed E-state index contributed by atoms with van der Waals surface area (Å²) in [6.07, 6.45) is 1.65. The predicted molar refractivity (Wildman–Crippen MR) is 78.1 cm³/mol. The van der Waals surface area contributed by atoms with Crippen molar-refractivity contribution in [3.8, 4) is 5.75 Å². The van der Waals surface area contributed by atoms with Crippen LogP contribution in [0.4, 0.5) is 0 Å². The van der Waals surface area contributed by atoms with E-state index in [0.29, 0.717) is 25.3 Å². The van der Waals surface area contributed by atoms with Crippen LogP contribution < -0.4 is 4.74 Å². The largest absolute Gasteiger partial charge is 0.494 e. The summed E-state index contributed by atoms with van der Waals surface area (Å²) in [6.45, 7) is 6.52. The fourth-order valence-corrected chi connectivity index (χ4v) is 2.63. The van der Waals surface area contributed by atoms with E-state index in [1.807, 2.05) is 25.1 Å². The van der Waals surface area contributed by atoms with Crippen molar-refractivity contribution in [2.45, 2.75) is 39.3 Å². The van der Waals surface area contributed by atoms with Crippen LogP contribution in [0.5, 0.6) is 5.75 Å². The Morgan fingerprint density at radius 2 is 2.30 bits per heavy atom. The molecule has 0 aliphatic carbocycles. The Morgan fingerprint density at radius 3 is 2.95 bits per heavy atom. The second kappa shape index (κ2) is 6.86. The number of hydrogen-bond donors (Lipinski definition) is 1. The highest BCUT2D eigenvalue weighted by atomic mass is 16.5. The minimum Gasteiger partial charge on any atom is -0.494 e. The van der Waals surface area contributed by atoms with Crippen molar-refractivity contribution in [2.75, 3.05) is 19.7 Å². The molecule has 0 radical (unpaired) electrons. The number of carbonyl (C=O) groups excluding carboxylic acids is 1. The van der Waals surface area contributed by atoms with Gasteiger partial charge in [-0.3, -0.25) is 9.69 Å². The number of aliphatic hydroxyl groups excluding tert-OH is 1. The van der Waals surface area contributed by atoms with Crippen LogP contribution in [0, 0.1) is 0 Å². The van der Waals surface area contributed by atoms with E-state index in [2.05, 4.69) is 4.90 Å². The Bertz CT molecular complexity index is 473. The molecule has 1 fully saturated rings. The highest BCUT2D eigenvalue weighted by Crippen LogP contribution is 2.24. The lowest BCUT2D eigenvalue weighted by Crippen LogP contribution is -2.37. The van der Waals surface area contributed by atoms with Crippen LogP contribution in [0.15, 0.2) is 18.2 Å². The number of hydrogen-bond acceptors (Lipinski definition) is 4. The Balaban J connectivity index is 2.18. The van der Waals surface area contributed by atoms with Gasteiger partial charge >= 0.3 is 0 Å². The molecular weight excluding hydrogens is 254 g/mol. The van der Waals surface area contributed by atoms with Gasteiger partial charge in [0.2, 0.25) is 0 Å². The second-order valence-corrected chi connectivity index (χ2v) is 5.34. The molecule has 1 atom stereocenters. The van der Waals surface area contributed by atoms with Gasteiger partial charge in [-0.1, -0.05) is 0 Å². The topological polar surface area (TPSA) is 49.8 Å². The summed E-state index contributed by atoms with van der Waals surface area (Å²) in [5, 5.41) is 9.75. The molecule has 4 nitrogen and oxygen atoms in total. The van der Waals surface area contributed by atoms with Gasteiger partial charge in [0, 0.05) is 24.2 Å². The molecular formula is C16H23NO3. The quantitative estimate of drug-likeness (QED) is 0.839. The molecule has 1 heterocycles. The minimum absolute atomic E-state index is 0.0629. The number of carbonyl (C=O) groups is 1. The average molecular weight is 277 g/mol. The van der Waals surface area contributed by atoms with Gasteiger partial charge in [0.25, 0.3) is 0 Å². The minimum atomic E-state index is -0.240. The van der Waals surface area contributed by atoms with E-state index < -0.39 is 0 Å². The number of likely N-dealkylation sites (tertiary alicyclic amines) is 1. The number of β-amino-alcohol motifs (C(OH)–C–C–N with tert-alkyl or cyclic N) is 1. The van der Waals surface area contributed by atoms with Crippen LogP contribution in [-0.4, -0.2) is 41.6 Å².